The monoisotopic (exact) mass is 267 g/mol. The minimum atomic E-state index is -1.00. The second-order valence-corrected chi connectivity index (χ2v) is 4.33. The van der Waals surface area contributed by atoms with Gasteiger partial charge in [-0.15, -0.1) is 0 Å². The summed E-state index contributed by atoms with van der Waals surface area (Å²) in [5.41, 5.74) is -0.611. The number of aliphatic hydroxyl groups excluding tert-OH is 2. The van der Waals surface area contributed by atoms with Crippen LogP contribution in [0.4, 0.5) is 0 Å². The summed E-state index contributed by atoms with van der Waals surface area (Å²) in [6, 6.07) is 6.88. The predicted octanol–water partition coefficient (Wildman–Crippen LogP) is 0.948. The molecule has 0 atom stereocenters. The molecule has 19 heavy (non-hydrogen) atoms. The highest BCUT2D eigenvalue weighted by Gasteiger charge is 2.29. The summed E-state index contributed by atoms with van der Waals surface area (Å²) in [7, 11) is 0. The van der Waals surface area contributed by atoms with Crippen LogP contribution in [0.15, 0.2) is 24.3 Å². The second kappa shape index (κ2) is 7.11. The number of rotatable bonds is 7. The molecule has 1 aromatic rings. The SMILES string of the molecule is CCOc1ccccc1C(=O)NC(CC)(CO)CO. The number of benzene rings is 1. The Morgan fingerprint density at radius 1 is 1.26 bits per heavy atom. The Kier molecular flexibility index (Phi) is 5.79. The van der Waals surface area contributed by atoms with E-state index in [1.54, 1.807) is 31.2 Å². The van der Waals surface area contributed by atoms with Crippen molar-refractivity contribution in [2.24, 2.45) is 0 Å². The van der Waals surface area contributed by atoms with Gasteiger partial charge in [0.15, 0.2) is 0 Å². The van der Waals surface area contributed by atoms with Crippen LogP contribution in [0.1, 0.15) is 30.6 Å². The number of amides is 1. The highest BCUT2D eigenvalue weighted by Crippen LogP contribution is 2.19. The number of nitrogens with one attached hydrogen (secondary N) is 1. The Bertz CT molecular complexity index is 407. The molecular weight excluding hydrogens is 246 g/mol. The summed E-state index contributed by atoms with van der Waals surface area (Å²) >= 11 is 0. The van der Waals surface area contributed by atoms with E-state index in [-0.39, 0.29) is 19.1 Å². The number of carbonyl (C=O) groups excluding carboxylic acids is 1. The van der Waals surface area contributed by atoms with Crippen molar-refractivity contribution in [2.75, 3.05) is 19.8 Å². The third kappa shape index (κ3) is 3.68. The zero-order chi connectivity index (χ0) is 14.3. The van der Waals surface area contributed by atoms with Crippen molar-refractivity contribution in [3.63, 3.8) is 0 Å². The number of hydrogen-bond donors (Lipinski definition) is 3. The number of ether oxygens (including phenoxy) is 1. The Morgan fingerprint density at radius 2 is 1.89 bits per heavy atom. The molecule has 0 heterocycles. The molecule has 5 heteroatoms. The van der Waals surface area contributed by atoms with Gasteiger partial charge >= 0.3 is 0 Å². The van der Waals surface area contributed by atoms with E-state index in [0.29, 0.717) is 24.3 Å². The molecule has 0 aliphatic carbocycles. The molecule has 0 aromatic heterocycles. The van der Waals surface area contributed by atoms with Crippen LogP contribution < -0.4 is 10.1 Å². The van der Waals surface area contributed by atoms with E-state index in [1.807, 2.05) is 6.92 Å². The first-order valence-electron chi connectivity index (χ1n) is 6.38. The average Bonchev–Trinajstić information content (AvgIpc) is 2.46. The third-order valence-corrected chi connectivity index (χ3v) is 3.09. The molecule has 0 radical (unpaired) electrons. The summed E-state index contributed by atoms with van der Waals surface area (Å²) in [6.45, 7) is 3.46. The molecule has 0 fully saturated rings. The van der Waals surface area contributed by atoms with Gasteiger partial charge in [-0.25, -0.2) is 0 Å². The van der Waals surface area contributed by atoms with Gasteiger partial charge in [0.1, 0.15) is 5.75 Å². The fraction of sp³-hybridized carbons (Fsp3) is 0.500. The Balaban J connectivity index is 2.94. The van der Waals surface area contributed by atoms with Gasteiger partial charge in [-0.05, 0) is 25.5 Å². The molecule has 0 saturated heterocycles. The van der Waals surface area contributed by atoms with Crippen molar-refractivity contribution in [3.05, 3.63) is 29.8 Å². The lowest BCUT2D eigenvalue weighted by Gasteiger charge is -2.29. The lowest BCUT2D eigenvalue weighted by molar-refractivity contribution is 0.0650. The molecule has 0 aliphatic heterocycles. The number of aliphatic hydroxyl groups is 2. The van der Waals surface area contributed by atoms with Gasteiger partial charge in [-0.1, -0.05) is 19.1 Å². The third-order valence-electron chi connectivity index (χ3n) is 3.09. The van der Waals surface area contributed by atoms with Crippen LogP contribution in [-0.4, -0.2) is 41.5 Å². The summed E-state index contributed by atoms with van der Waals surface area (Å²) in [5.74, 6) is 0.123. The maximum atomic E-state index is 12.2. The van der Waals surface area contributed by atoms with Crippen LogP contribution in [-0.2, 0) is 0 Å². The molecule has 0 spiro atoms. The van der Waals surface area contributed by atoms with E-state index in [1.165, 1.54) is 0 Å². The number of hydrogen-bond acceptors (Lipinski definition) is 4. The predicted molar refractivity (Wildman–Crippen MR) is 72.3 cm³/mol. The Morgan fingerprint density at radius 3 is 2.42 bits per heavy atom. The molecule has 1 aromatic carbocycles. The van der Waals surface area contributed by atoms with E-state index < -0.39 is 5.54 Å². The lowest BCUT2D eigenvalue weighted by Crippen LogP contribution is -2.53. The van der Waals surface area contributed by atoms with Crippen LogP contribution in [0.5, 0.6) is 5.75 Å². The van der Waals surface area contributed by atoms with Gasteiger partial charge in [0.05, 0.1) is 30.9 Å². The zero-order valence-electron chi connectivity index (χ0n) is 11.3. The van der Waals surface area contributed by atoms with Crippen molar-refractivity contribution in [1.29, 1.82) is 0 Å². The summed E-state index contributed by atoms with van der Waals surface area (Å²) in [5, 5.41) is 21.4. The van der Waals surface area contributed by atoms with E-state index in [4.69, 9.17) is 4.74 Å². The molecule has 106 valence electrons. The first-order valence-corrected chi connectivity index (χ1v) is 6.38. The molecule has 0 aliphatic rings. The fourth-order valence-corrected chi connectivity index (χ4v) is 1.68. The number of para-hydroxylation sites is 1. The molecule has 0 bridgehead atoms. The summed E-state index contributed by atoms with van der Waals surface area (Å²) in [6.07, 6.45) is 0.433. The minimum Gasteiger partial charge on any atom is -0.493 e. The van der Waals surface area contributed by atoms with Crippen molar-refractivity contribution in [3.8, 4) is 5.75 Å². The molecular formula is C14H21NO4. The zero-order valence-corrected chi connectivity index (χ0v) is 11.3. The van der Waals surface area contributed by atoms with E-state index >= 15 is 0 Å². The summed E-state index contributed by atoms with van der Waals surface area (Å²) in [4.78, 5) is 12.2. The standard InChI is InChI=1S/C14H21NO4/c1-3-14(9-16,10-17)15-13(18)11-7-5-6-8-12(11)19-4-2/h5-8,16-17H,3-4,9-10H2,1-2H3,(H,15,18). The highest BCUT2D eigenvalue weighted by atomic mass is 16.5. The maximum Gasteiger partial charge on any atom is 0.255 e. The van der Waals surface area contributed by atoms with Crippen LogP contribution in [0, 0.1) is 0 Å². The quantitative estimate of drug-likeness (QED) is 0.687. The van der Waals surface area contributed by atoms with Crippen LogP contribution in [0.2, 0.25) is 0 Å². The van der Waals surface area contributed by atoms with Gasteiger partial charge in [-0.2, -0.15) is 0 Å². The van der Waals surface area contributed by atoms with Crippen molar-refractivity contribution in [2.45, 2.75) is 25.8 Å². The normalized spacial score (nSPS) is 11.2. The van der Waals surface area contributed by atoms with Crippen molar-refractivity contribution in [1.82, 2.24) is 5.32 Å². The Labute approximate surface area is 113 Å². The smallest absolute Gasteiger partial charge is 0.255 e. The topological polar surface area (TPSA) is 78.8 Å². The molecule has 5 nitrogen and oxygen atoms in total. The molecule has 1 amide bonds. The van der Waals surface area contributed by atoms with E-state index in [9.17, 15) is 15.0 Å². The van der Waals surface area contributed by atoms with Crippen LogP contribution in [0.3, 0.4) is 0 Å². The largest absolute Gasteiger partial charge is 0.493 e. The molecule has 0 saturated carbocycles. The van der Waals surface area contributed by atoms with Crippen molar-refractivity contribution >= 4 is 5.91 Å². The van der Waals surface area contributed by atoms with Crippen LogP contribution >= 0.6 is 0 Å². The van der Waals surface area contributed by atoms with Gasteiger partial charge in [0.25, 0.3) is 5.91 Å². The maximum absolute atomic E-state index is 12.2. The second-order valence-electron chi connectivity index (χ2n) is 4.33. The number of carbonyl (C=O) groups is 1. The molecule has 0 unspecified atom stereocenters. The highest BCUT2D eigenvalue weighted by molar-refractivity contribution is 5.97. The van der Waals surface area contributed by atoms with E-state index in [0.717, 1.165) is 0 Å². The first kappa shape index (κ1) is 15.5. The summed E-state index contributed by atoms with van der Waals surface area (Å²) < 4.78 is 5.39. The Hall–Kier alpha value is -1.59. The molecule has 1 rings (SSSR count). The van der Waals surface area contributed by atoms with Gasteiger partial charge < -0.3 is 20.3 Å². The van der Waals surface area contributed by atoms with Gasteiger partial charge in [0.2, 0.25) is 0 Å². The lowest BCUT2D eigenvalue weighted by atomic mass is 9.97. The van der Waals surface area contributed by atoms with Gasteiger partial charge in [0, 0.05) is 0 Å². The molecule has 3 N–H and O–H groups in total. The first-order chi connectivity index (χ1) is 9.12. The van der Waals surface area contributed by atoms with Crippen molar-refractivity contribution < 1.29 is 19.7 Å². The fourth-order valence-electron chi connectivity index (χ4n) is 1.68. The van der Waals surface area contributed by atoms with E-state index in [2.05, 4.69) is 5.32 Å². The average molecular weight is 267 g/mol. The van der Waals surface area contributed by atoms with Gasteiger partial charge in [-0.3, -0.25) is 4.79 Å². The minimum absolute atomic E-state index is 0.317. The van der Waals surface area contributed by atoms with Crippen LogP contribution in [0.25, 0.3) is 0 Å².